The van der Waals surface area contributed by atoms with Gasteiger partial charge in [0.05, 0.1) is 19.9 Å². The molecule has 0 aliphatic carbocycles. The molecule has 0 radical (unpaired) electrons. The maximum absolute atomic E-state index is 12.2. The summed E-state index contributed by atoms with van der Waals surface area (Å²) in [5, 5.41) is 5.59. The van der Waals surface area contributed by atoms with Gasteiger partial charge in [-0.15, -0.1) is 0 Å². The Labute approximate surface area is 157 Å². The fourth-order valence-electron chi connectivity index (χ4n) is 2.66. The van der Waals surface area contributed by atoms with Crippen LogP contribution in [0.5, 0.6) is 11.5 Å². The number of urea groups is 1. The van der Waals surface area contributed by atoms with Crippen LogP contribution in [0.1, 0.15) is 0 Å². The van der Waals surface area contributed by atoms with Crippen molar-refractivity contribution in [3.63, 3.8) is 0 Å². The number of nitrogens with zero attached hydrogens (tertiary/aromatic N) is 3. The molecule has 8 nitrogen and oxygen atoms in total. The maximum Gasteiger partial charge on any atom is 0.319 e. The van der Waals surface area contributed by atoms with Crippen molar-refractivity contribution in [3.05, 3.63) is 55.0 Å². The first-order valence-corrected chi connectivity index (χ1v) is 8.41. The fourth-order valence-corrected chi connectivity index (χ4v) is 2.66. The SMILES string of the molecule is COc1cccc(NC(=O)NCCn2ccnc2-c2ccccn2)c1OC. The summed E-state index contributed by atoms with van der Waals surface area (Å²) in [7, 11) is 3.07. The number of rotatable bonds is 7. The lowest BCUT2D eigenvalue weighted by molar-refractivity contribution is 0.251. The van der Waals surface area contributed by atoms with Crippen molar-refractivity contribution in [2.75, 3.05) is 26.1 Å². The molecule has 0 spiro atoms. The highest BCUT2D eigenvalue weighted by Crippen LogP contribution is 2.34. The second-order valence-corrected chi connectivity index (χ2v) is 5.58. The highest BCUT2D eigenvalue weighted by molar-refractivity contribution is 5.91. The smallest absolute Gasteiger partial charge is 0.319 e. The van der Waals surface area contributed by atoms with E-state index in [9.17, 15) is 4.79 Å². The van der Waals surface area contributed by atoms with Crippen LogP contribution in [0, 0.1) is 0 Å². The first-order chi connectivity index (χ1) is 13.2. The summed E-state index contributed by atoms with van der Waals surface area (Å²) < 4.78 is 12.5. The summed E-state index contributed by atoms with van der Waals surface area (Å²) in [4.78, 5) is 20.9. The number of nitrogens with one attached hydrogen (secondary N) is 2. The normalized spacial score (nSPS) is 10.3. The van der Waals surface area contributed by atoms with E-state index in [1.165, 1.54) is 7.11 Å². The average Bonchev–Trinajstić information content (AvgIpc) is 3.17. The Morgan fingerprint density at radius 1 is 1.07 bits per heavy atom. The molecule has 3 aromatic rings. The molecule has 2 heterocycles. The van der Waals surface area contributed by atoms with Gasteiger partial charge in [-0.05, 0) is 24.3 Å². The van der Waals surface area contributed by atoms with Crippen LogP contribution in [0.25, 0.3) is 11.5 Å². The molecule has 0 unspecified atom stereocenters. The third-order valence-corrected chi connectivity index (χ3v) is 3.90. The number of pyridine rings is 1. The molecule has 0 saturated heterocycles. The van der Waals surface area contributed by atoms with Gasteiger partial charge in [0.1, 0.15) is 5.69 Å². The summed E-state index contributed by atoms with van der Waals surface area (Å²) >= 11 is 0. The van der Waals surface area contributed by atoms with E-state index >= 15 is 0 Å². The van der Waals surface area contributed by atoms with Gasteiger partial charge in [-0.25, -0.2) is 9.78 Å². The van der Waals surface area contributed by atoms with Gasteiger partial charge >= 0.3 is 6.03 Å². The lowest BCUT2D eigenvalue weighted by atomic mass is 10.2. The molecule has 2 aromatic heterocycles. The van der Waals surface area contributed by atoms with Gasteiger partial charge in [0.15, 0.2) is 17.3 Å². The molecule has 27 heavy (non-hydrogen) atoms. The molecule has 0 atom stereocenters. The van der Waals surface area contributed by atoms with Crippen molar-refractivity contribution in [1.82, 2.24) is 19.9 Å². The number of ether oxygens (including phenoxy) is 2. The van der Waals surface area contributed by atoms with Crippen LogP contribution in [0.15, 0.2) is 55.0 Å². The zero-order valence-electron chi connectivity index (χ0n) is 15.2. The second kappa shape index (κ2) is 8.70. The molecular formula is C19H21N5O3. The Morgan fingerprint density at radius 2 is 1.96 bits per heavy atom. The zero-order chi connectivity index (χ0) is 19.1. The van der Waals surface area contributed by atoms with E-state index in [1.807, 2.05) is 29.0 Å². The van der Waals surface area contributed by atoms with Gasteiger partial charge in [0, 0.05) is 31.7 Å². The lowest BCUT2D eigenvalue weighted by Crippen LogP contribution is -2.31. The molecule has 140 valence electrons. The number of carbonyl (C=O) groups is 1. The zero-order valence-corrected chi connectivity index (χ0v) is 15.2. The van der Waals surface area contributed by atoms with Crippen LogP contribution in [-0.2, 0) is 6.54 Å². The first-order valence-electron chi connectivity index (χ1n) is 8.41. The van der Waals surface area contributed by atoms with E-state index in [1.54, 1.807) is 37.7 Å². The third-order valence-electron chi connectivity index (χ3n) is 3.90. The molecule has 1 aromatic carbocycles. The van der Waals surface area contributed by atoms with Crippen LogP contribution in [0.4, 0.5) is 10.5 Å². The molecule has 0 aliphatic heterocycles. The van der Waals surface area contributed by atoms with Crippen molar-refractivity contribution in [3.8, 4) is 23.0 Å². The van der Waals surface area contributed by atoms with Gasteiger partial charge < -0.3 is 24.7 Å². The lowest BCUT2D eigenvalue weighted by Gasteiger charge is -2.14. The predicted molar refractivity (Wildman–Crippen MR) is 102 cm³/mol. The summed E-state index contributed by atoms with van der Waals surface area (Å²) in [5.74, 6) is 1.78. The largest absolute Gasteiger partial charge is 0.493 e. The van der Waals surface area contributed by atoms with Gasteiger partial charge in [-0.1, -0.05) is 12.1 Å². The van der Waals surface area contributed by atoms with Crippen molar-refractivity contribution >= 4 is 11.7 Å². The predicted octanol–water partition coefficient (Wildman–Crippen LogP) is 2.78. The van der Waals surface area contributed by atoms with Crippen LogP contribution in [0.3, 0.4) is 0 Å². The maximum atomic E-state index is 12.2. The van der Waals surface area contributed by atoms with Crippen molar-refractivity contribution in [2.24, 2.45) is 0 Å². The fraction of sp³-hybridized carbons (Fsp3) is 0.211. The van der Waals surface area contributed by atoms with Crippen molar-refractivity contribution in [2.45, 2.75) is 6.54 Å². The monoisotopic (exact) mass is 367 g/mol. The minimum atomic E-state index is -0.332. The number of methoxy groups -OCH3 is 2. The number of imidazole rings is 1. The molecule has 0 aliphatic rings. The number of benzene rings is 1. The number of aromatic nitrogens is 3. The highest BCUT2D eigenvalue weighted by Gasteiger charge is 2.12. The van der Waals surface area contributed by atoms with E-state index in [4.69, 9.17) is 9.47 Å². The van der Waals surface area contributed by atoms with E-state index in [0.717, 1.165) is 11.5 Å². The summed E-state index contributed by atoms with van der Waals surface area (Å²) in [5.41, 5.74) is 1.32. The minimum Gasteiger partial charge on any atom is -0.493 e. The van der Waals surface area contributed by atoms with Crippen LogP contribution in [0.2, 0.25) is 0 Å². The van der Waals surface area contributed by atoms with Crippen LogP contribution < -0.4 is 20.1 Å². The Balaban J connectivity index is 1.58. The number of para-hydroxylation sites is 1. The van der Waals surface area contributed by atoms with Gasteiger partial charge in [0.25, 0.3) is 0 Å². The van der Waals surface area contributed by atoms with E-state index in [0.29, 0.717) is 30.3 Å². The Bertz CT molecular complexity index is 895. The number of anilines is 1. The summed E-state index contributed by atoms with van der Waals surface area (Å²) in [6.45, 7) is 0.989. The molecule has 2 amide bonds. The number of hydrogen-bond acceptors (Lipinski definition) is 5. The van der Waals surface area contributed by atoms with Gasteiger partial charge in [-0.2, -0.15) is 0 Å². The molecule has 0 fully saturated rings. The molecule has 3 rings (SSSR count). The summed E-state index contributed by atoms with van der Waals surface area (Å²) in [6, 6.07) is 10.6. The van der Waals surface area contributed by atoms with Crippen LogP contribution >= 0.6 is 0 Å². The first kappa shape index (κ1) is 18.2. The average molecular weight is 367 g/mol. The van der Waals surface area contributed by atoms with E-state index < -0.39 is 0 Å². The standard InChI is InChI=1S/C19H21N5O3/c1-26-16-8-5-7-14(17(16)27-2)23-19(25)22-11-13-24-12-10-21-18(24)15-6-3-4-9-20-15/h3-10,12H,11,13H2,1-2H3,(H2,22,23,25). The van der Waals surface area contributed by atoms with E-state index in [2.05, 4.69) is 20.6 Å². The van der Waals surface area contributed by atoms with Crippen molar-refractivity contribution < 1.29 is 14.3 Å². The molecular weight excluding hydrogens is 346 g/mol. The Hall–Kier alpha value is -3.55. The quantitative estimate of drug-likeness (QED) is 0.670. The number of carbonyl (C=O) groups excluding carboxylic acids is 1. The van der Waals surface area contributed by atoms with Gasteiger partial charge in [-0.3, -0.25) is 4.98 Å². The van der Waals surface area contributed by atoms with Crippen LogP contribution in [-0.4, -0.2) is 41.3 Å². The molecule has 0 saturated carbocycles. The van der Waals surface area contributed by atoms with E-state index in [-0.39, 0.29) is 6.03 Å². The summed E-state index contributed by atoms with van der Waals surface area (Å²) in [6.07, 6.45) is 5.29. The minimum absolute atomic E-state index is 0.332. The number of hydrogen-bond donors (Lipinski definition) is 2. The second-order valence-electron chi connectivity index (χ2n) is 5.58. The Morgan fingerprint density at radius 3 is 2.70 bits per heavy atom. The topological polar surface area (TPSA) is 90.3 Å². The highest BCUT2D eigenvalue weighted by atomic mass is 16.5. The molecule has 2 N–H and O–H groups in total. The molecule has 0 bridgehead atoms. The number of amides is 2. The molecule has 8 heteroatoms. The Kier molecular flexibility index (Phi) is 5.88. The van der Waals surface area contributed by atoms with Crippen molar-refractivity contribution in [1.29, 1.82) is 0 Å². The third kappa shape index (κ3) is 4.35. The van der Waals surface area contributed by atoms with Gasteiger partial charge in [0.2, 0.25) is 0 Å².